The smallest absolute Gasteiger partial charge is 0.0141 e. The van der Waals surface area contributed by atoms with Gasteiger partial charge in [-0.25, -0.2) is 0 Å². The number of fused-ring (bicyclic) bond motifs is 1. The van der Waals surface area contributed by atoms with E-state index in [1.807, 2.05) is 6.08 Å². The summed E-state index contributed by atoms with van der Waals surface area (Å²) in [6, 6.07) is 14.8. The predicted molar refractivity (Wildman–Crippen MR) is 83.3 cm³/mol. The van der Waals surface area contributed by atoms with Crippen molar-refractivity contribution in [3.05, 3.63) is 66.8 Å². The Morgan fingerprint density at radius 2 is 1.78 bits per heavy atom. The lowest BCUT2D eigenvalue weighted by Crippen LogP contribution is -2.12. The van der Waals surface area contributed by atoms with Crippen LogP contribution in [0, 0.1) is 0 Å². The first-order valence-corrected chi connectivity index (χ1v) is 5.88. The molecule has 0 saturated heterocycles. The average Bonchev–Trinajstić information content (AvgIpc) is 2.39. The number of benzene rings is 2. The van der Waals surface area contributed by atoms with Crippen LogP contribution in [0.1, 0.15) is 5.56 Å². The number of nitrogens with one attached hydrogen (secondary N) is 1. The number of hydrogen-bond acceptors (Lipinski definition) is 1. The molecule has 0 amide bonds. The molecule has 2 heteroatoms. The van der Waals surface area contributed by atoms with Gasteiger partial charge in [-0.3, -0.25) is 0 Å². The zero-order valence-electron chi connectivity index (χ0n) is 10.3. The van der Waals surface area contributed by atoms with E-state index in [9.17, 15) is 0 Å². The molecule has 0 aliphatic carbocycles. The van der Waals surface area contributed by atoms with Gasteiger partial charge in [-0.15, -0.1) is 19.0 Å². The Balaban J connectivity index is 0.00000162. The minimum absolute atomic E-state index is 0. The average molecular weight is 260 g/mol. The van der Waals surface area contributed by atoms with Crippen molar-refractivity contribution in [2.45, 2.75) is 0 Å². The van der Waals surface area contributed by atoms with Gasteiger partial charge in [0.1, 0.15) is 0 Å². The van der Waals surface area contributed by atoms with E-state index < -0.39 is 0 Å². The quantitative estimate of drug-likeness (QED) is 0.631. The van der Waals surface area contributed by atoms with Crippen LogP contribution in [0.5, 0.6) is 0 Å². The Labute approximate surface area is 115 Å². The summed E-state index contributed by atoms with van der Waals surface area (Å²) in [6.07, 6.45) is 6.18. The Morgan fingerprint density at radius 1 is 1.00 bits per heavy atom. The van der Waals surface area contributed by atoms with Gasteiger partial charge in [0.25, 0.3) is 0 Å². The van der Waals surface area contributed by atoms with Crippen molar-refractivity contribution >= 4 is 29.3 Å². The van der Waals surface area contributed by atoms with Crippen molar-refractivity contribution in [1.82, 2.24) is 5.32 Å². The Hall–Kier alpha value is -1.57. The summed E-state index contributed by atoms with van der Waals surface area (Å²) in [5.41, 5.74) is 1.27. The molecule has 0 atom stereocenters. The van der Waals surface area contributed by atoms with E-state index in [4.69, 9.17) is 0 Å². The highest BCUT2D eigenvalue weighted by Crippen LogP contribution is 2.19. The SMILES string of the molecule is C=CCNCC=Cc1cccc2ccccc12.Cl. The maximum absolute atomic E-state index is 3.67. The van der Waals surface area contributed by atoms with Crippen molar-refractivity contribution in [3.63, 3.8) is 0 Å². The van der Waals surface area contributed by atoms with Crippen molar-refractivity contribution in [1.29, 1.82) is 0 Å². The van der Waals surface area contributed by atoms with E-state index in [-0.39, 0.29) is 12.4 Å². The van der Waals surface area contributed by atoms with Crippen molar-refractivity contribution in [3.8, 4) is 0 Å². The van der Waals surface area contributed by atoms with Crippen LogP contribution in [-0.2, 0) is 0 Å². The topological polar surface area (TPSA) is 12.0 Å². The van der Waals surface area contributed by atoms with Gasteiger partial charge < -0.3 is 5.32 Å². The number of halogens is 1. The molecule has 0 aliphatic heterocycles. The molecule has 0 aliphatic rings. The summed E-state index contributed by atoms with van der Waals surface area (Å²) in [5, 5.41) is 5.84. The summed E-state index contributed by atoms with van der Waals surface area (Å²) >= 11 is 0. The zero-order chi connectivity index (χ0) is 11.9. The first-order valence-electron chi connectivity index (χ1n) is 5.88. The molecule has 0 bridgehead atoms. The minimum Gasteiger partial charge on any atom is -0.310 e. The summed E-state index contributed by atoms with van der Waals surface area (Å²) in [4.78, 5) is 0. The summed E-state index contributed by atoms with van der Waals surface area (Å²) in [6.45, 7) is 5.39. The maximum atomic E-state index is 3.67. The Bertz CT molecular complexity index is 526. The van der Waals surface area contributed by atoms with Gasteiger partial charge >= 0.3 is 0 Å². The largest absolute Gasteiger partial charge is 0.310 e. The van der Waals surface area contributed by atoms with Crippen LogP contribution in [-0.4, -0.2) is 13.1 Å². The summed E-state index contributed by atoms with van der Waals surface area (Å²) < 4.78 is 0. The molecule has 0 spiro atoms. The molecule has 2 aromatic carbocycles. The van der Waals surface area contributed by atoms with Crippen LogP contribution < -0.4 is 5.32 Å². The fourth-order valence-corrected chi connectivity index (χ4v) is 1.85. The molecule has 1 nitrogen and oxygen atoms in total. The Morgan fingerprint density at radius 3 is 2.61 bits per heavy atom. The molecule has 18 heavy (non-hydrogen) atoms. The van der Waals surface area contributed by atoms with Gasteiger partial charge in [0.05, 0.1) is 0 Å². The first-order chi connectivity index (χ1) is 8.42. The molecule has 0 unspecified atom stereocenters. The number of rotatable bonds is 5. The van der Waals surface area contributed by atoms with E-state index in [0.717, 1.165) is 13.1 Å². The van der Waals surface area contributed by atoms with Gasteiger partial charge in [-0.1, -0.05) is 60.7 Å². The van der Waals surface area contributed by atoms with Gasteiger partial charge in [-0.05, 0) is 16.3 Å². The lowest BCUT2D eigenvalue weighted by Gasteiger charge is -2.01. The fraction of sp³-hybridized carbons (Fsp3) is 0.125. The van der Waals surface area contributed by atoms with Crippen LogP contribution >= 0.6 is 12.4 Å². The molecule has 0 fully saturated rings. The summed E-state index contributed by atoms with van der Waals surface area (Å²) in [5.74, 6) is 0. The Kier molecular flexibility index (Phi) is 6.20. The molecule has 0 aromatic heterocycles. The van der Waals surface area contributed by atoms with E-state index in [0.29, 0.717) is 0 Å². The zero-order valence-corrected chi connectivity index (χ0v) is 11.1. The molecule has 94 valence electrons. The maximum Gasteiger partial charge on any atom is 0.0141 e. The third kappa shape index (κ3) is 3.73. The van der Waals surface area contributed by atoms with Gasteiger partial charge in [0.2, 0.25) is 0 Å². The molecular weight excluding hydrogens is 242 g/mol. The molecule has 0 heterocycles. The normalized spacial score (nSPS) is 10.4. The minimum atomic E-state index is 0. The monoisotopic (exact) mass is 259 g/mol. The van der Waals surface area contributed by atoms with Gasteiger partial charge in [0, 0.05) is 13.1 Å². The van der Waals surface area contributed by atoms with Crippen LogP contribution in [0.3, 0.4) is 0 Å². The molecule has 2 rings (SSSR count). The molecule has 0 saturated carbocycles. The van der Waals surface area contributed by atoms with Crippen molar-refractivity contribution < 1.29 is 0 Å². The van der Waals surface area contributed by atoms with Crippen LogP contribution in [0.25, 0.3) is 16.8 Å². The fourth-order valence-electron chi connectivity index (χ4n) is 1.85. The van der Waals surface area contributed by atoms with Crippen molar-refractivity contribution in [2.24, 2.45) is 0 Å². The van der Waals surface area contributed by atoms with Crippen LogP contribution in [0.15, 0.2) is 61.2 Å². The molecule has 0 radical (unpaired) electrons. The van der Waals surface area contributed by atoms with E-state index in [2.05, 4.69) is 66.5 Å². The standard InChI is InChI=1S/C16H17N.ClH/c1-2-12-17-13-6-10-15-9-5-8-14-7-3-4-11-16(14)15;/h2-11,17H,1,12-13H2;1H. The third-order valence-corrected chi connectivity index (χ3v) is 2.67. The lowest BCUT2D eigenvalue weighted by molar-refractivity contribution is 0.846. The first kappa shape index (κ1) is 14.5. The summed E-state index contributed by atoms with van der Waals surface area (Å²) in [7, 11) is 0. The second-order valence-corrected chi connectivity index (χ2v) is 3.92. The van der Waals surface area contributed by atoms with Gasteiger partial charge in [0.15, 0.2) is 0 Å². The highest BCUT2D eigenvalue weighted by molar-refractivity contribution is 5.90. The van der Waals surface area contributed by atoms with Crippen LogP contribution in [0.2, 0.25) is 0 Å². The number of hydrogen-bond donors (Lipinski definition) is 1. The molecular formula is C16H18ClN. The predicted octanol–water partition coefficient (Wildman–Crippen LogP) is 4.05. The lowest BCUT2D eigenvalue weighted by atomic mass is 10.0. The highest BCUT2D eigenvalue weighted by atomic mass is 35.5. The molecule has 1 N–H and O–H groups in total. The molecule has 2 aromatic rings. The van der Waals surface area contributed by atoms with Crippen LogP contribution in [0.4, 0.5) is 0 Å². The van der Waals surface area contributed by atoms with Gasteiger partial charge in [-0.2, -0.15) is 0 Å². The highest BCUT2D eigenvalue weighted by Gasteiger charge is 1.95. The second kappa shape index (κ2) is 7.70. The third-order valence-electron chi connectivity index (χ3n) is 2.67. The van der Waals surface area contributed by atoms with E-state index >= 15 is 0 Å². The van der Waals surface area contributed by atoms with Crippen molar-refractivity contribution in [2.75, 3.05) is 13.1 Å². The van der Waals surface area contributed by atoms with E-state index in [1.165, 1.54) is 16.3 Å². The van der Waals surface area contributed by atoms with E-state index in [1.54, 1.807) is 0 Å². The second-order valence-electron chi connectivity index (χ2n) is 3.92.